The highest BCUT2D eigenvalue weighted by Crippen LogP contribution is 1.65. The second kappa shape index (κ2) is 15.8. The van der Waals surface area contributed by atoms with Gasteiger partial charge in [-0.05, 0) is 6.42 Å². The average Bonchev–Trinajstić information content (AvgIpc) is 1.71. The molecule has 0 aliphatic rings. The van der Waals surface area contributed by atoms with E-state index in [2.05, 4.69) is 0 Å². The molecule has 0 heterocycles. The summed E-state index contributed by atoms with van der Waals surface area (Å²) in [5, 5.41) is 30.1. The smallest absolute Gasteiger partial charge is 0.140 e. The molecule has 0 saturated carbocycles. The highest BCUT2D eigenvalue weighted by molar-refractivity contribution is 4.22. The van der Waals surface area contributed by atoms with Gasteiger partial charge < -0.3 is 20.4 Å². The van der Waals surface area contributed by atoms with Gasteiger partial charge in [-0.15, -0.1) is 0 Å². The van der Waals surface area contributed by atoms with E-state index in [-0.39, 0.29) is 13.2 Å². The summed E-state index contributed by atoms with van der Waals surface area (Å²) in [7, 11) is 0. The SMILES string of the molecule is OCCCO.OCO. The summed E-state index contributed by atoms with van der Waals surface area (Å²) in [6.45, 7) is -0.562. The van der Waals surface area contributed by atoms with Crippen LogP contribution in [0.1, 0.15) is 6.42 Å². The molecule has 0 amide bonds. The maximum atomic E-state index is 7.91. The zero-order valence-electron chi connectivity index (χ0n) is 4.62. The van der Waals surface area contributed by atoms with Gasteiger partial charge in [-0.3, -0.25) is 0 Å². The molecule has 4 heteroatoms. The summed E-state index contributed by atoms with van der Waals surface area (Å²) in [5.41, 5.74) is 0. The summed E-state index contributed by atoms with van der Waals surface area (Å²) in [6.07, 6.45) is 0.500. The van der Waals surface area contributed by atoms with Crippen LogP contribution < -0.4 is 0 Å². The zero-order chi connectivity index (χ0) is 6.83. The van der Waals surface area contributed by atoms with E-state index in [9.17, 15) is 0 Å². The monoisotopic (exact) mass is 124 g/mol. The lowest BCUT2D eigenvalue weighted by molar-refractivity contribution is 0.0773. The lowest BCUT2D eigenvalue weighted by Gasteiger charge is -1.79. The van der Waals surface area contributed by atoms with E-state index in [1.807, 2.05) is 0 Å². The van der Waals surface area contributed by atoms with Crippen molar-refractivity contribution in [2.24, 2.45) is 0 Å². The van der Waals surface area contributed by atoms with Crippen LogP contribution in [0.15, 0.2) is 0 Å². The van der Waals surface area contributed by atoms with E-state index in [0.717, 1.165) is 0 Å². The molecule has 0 aromatic carbocycles. The van der Waals surface area contributed by atoms with Gasteiger partial charge in [0.2, 0.25) is 0 Å². The lowest BCUT2D eigenvalue weighted by Crippen LogP contribution is -1.85. The first-order valence-electron chi connectivity index (χ1n) is 2.26. The molecule has 0 fully saturated rings. The summed E-state index contributed by atoms with van der Waals surface area (Å²) >= 11 is 0. The molecule has 0 aliphatic heterocycles. The fourth-order valence-electron chi connectivity index (χ4n) is 0.0707. The van der Waals surface area contributed by atoms with Gasteiger partial charge in [0.1, 0.15) is 6.79 Å². The van der Waals surface area contributed by atoms with Crippen molar-refractivity contribution in [3.05, 3.63) is 0 Å². The van der Waals surface area contributed by atoms with Gasteiger partial charge in [0.25, 0.3) is 0 Å². The molecule has 0 rings (SSSR count). The topological polar surface area (TPSA) is 80.9 Å². The Hall–Kier alpha value is -0.160. The van der Waals surface area contributed by atoms with E-state index >= 15 is 0 Å². The van der Waals surface area contributed by atoms with E-state index in [1.165, 1.54) is 0 Å². The van der Waals surface area contributed by atoms with Crippen LogP contribution >= 0.6 is 0 Å². The van der Waals surface area contributed by atoms with E-state index in [0.29, 0.717) is 6.42 Å². The molecule has 0 unspecified atom stereocenters. The normalized spacial score (nSPS) is 7.50. The molecule has 0 radical (unpaired) electrons. The van der Waals surface area contributed by atoms with Gasteiger partial charge in [-0.1, -0.05) is 0 Å². The van der Waals surface area contributed by atoms with Crippen LogP contribution in [0.5, 0.6) is 0 Å². The van der Waals surface area contributed by atoms with Crippen molar-refractivity contribution in [1.82, 2.24) is 0 Å². The number of aliphatic hydroxyl groups is 4. The minimum Gasteiger partial charge on any atom is -0.396 e. The largest absolute Gasteiger partial charge is 0.396 e. The summed E-state index contributed by atoms with van der Waals surface area (Å²) < 4.78 is 0. The fourth-order valence-corrected chi connectivity index (χ4v) is 0.0707. The van der Waals surface area contributed by atoms with Crippen molar-refractivity contribution in [3.63, 3.8) is 0 Å². The molecule has 8 heavy (non-hydrogen) atoms. The first kappa shape index (κ1) is 10.8. The second-order valence-electron chi connectivity index (χ2n) is 0.942. The highest BCUT2D eigenvalue weighted by Gasteiger charge is 1.70. The van der Waals surface area contributed by atoms with Crippen LogP contribution in [0.3, 0.4) is 0 Å². The molecule has 0 atom stereocenters. The number of hydrogen-bond donors (Lipinski definition) is 4. The Labute approximate surface area is 48.0 Å². The Morgan fingerprint density at radius 3 is 1.00 bits per heavy atom. The van der Waals surface area contributed by atoms with Crippen molar-refractivity contribution in [3.8, 4) is 0 Å². The Morgan fingerprint density at radius 2 is 1.00 bits per heavy atom. The molecule has 0 aliphatic carbocycles. The molecule has 0 bridgehead atoms. The van der Waals surface area contributed by atoms with Gasteiger partial charge in [0.15, 0.2) is 0 Å². The van der Waals surface area contributed by atoms with Gasteiger partial charge in [0.05, 0.1) is 0 Å². The Bertz CT molecular complexity index is 22.0. The Morgan fingerprint density at radius 1 is 0.750 bits per heavy atom. The third kappa shape index (κ3) is 40.4. The van der Waals surface area contributed by atoms with Crippen molar-refractivity contribution in [1.29, 1.82) is 0 Å². The summed E-state index contributed by atoms with van der Waals surface area (Å²) in [5.74, 6) is 0. The van der Waals surface area contributed by atoms with Crippen LogP contribution in [0, 0.1) is 0 Å². The van der Waals surface area contributed by atoms with Crippen molar-refractivity contribution < 1.29 is 20.4 Å². The third-order valence-electron chi connectivity index (χ3n) is 0.316. The van der Waals surface area contributed by atoms with Gasteiger partial charge in [-0.25, -0.2) is 0 Å². The molecule has 4 N–H and O–H groups in total. The van der Waals surface area contributed by atoms with Gasteiger partial charge in [-0.2, -0.15) is 0 Å². The van der Waals surface area contributed by atoms with Crippen molar-refractivity contribution in [2.45, 2.75) is 6.42 Å². The molecule has 0 aromatic heterocycles. The quantitative estimate of drug-likeness (QED) is 0.330. The summed E-state index contributed by atoms with van der Waals surface area (Å²) in [4.78, 5) is 0. The number of aliphatic hydroxyl groups excluding tert-OH is 3. The van der Waals surface area contributed by atoms with E-state index in [1.54, 1.807) is 0 Å². The van der Waals surface area contributed by atoms with Crippen LogP contribution in [0.25, 0.3) is 0 Å². The third-order valence-corrected chi connectivity index (χ3v) is 0.316. The summed E-state index contributed by atoms with van der Waals surface area (Å²) in [6, 6.07) is 0. The van der Waals surface area contributed by atoms with Crippen LogP contribution in [0.2, 0.25) is 0 Å². The van der Waals surface area contributed by atoms with Crippen LogP contribution in [-0.2, 0) is 0 Å². The Balaban J connectivity index is 0. The minimum atomic E-state index is -0.750. The average molecular weight is 124 g/mol. The van der Waals surface area contributed by atoms with E-state index < -0.39 is 6.79 Å². The fraction of sp³-hybridized carbons (Fsp3) is 1.00. The van der Waals surface area contributed by atoms with Crippen LogP contribution in [-0.4, -0.2) is 40.4 Å². The standard InChI is InChI=1S/C3H8O2.CH4O2/c4-2-1-3-5;2-1-3/h4-5H,1-3H2;2-3H,1H2. The van der Waals surface area contributed by atoms with Crippen LogP contribution in [0.4, 0.5) is 0 Å². The maximum absolute atomic E-state index is 7.91. The molecule has 0 saturated heterocycles. The molecule has 52 valence electrons. The zero-order valence-corrected chi connectivity index (χ0v) is 4.62. The van der Waals surface area contributed by atoms with Crippen molar-refractivity contribution >= 4 is 0 Å². The molecule has 0 aromatic rings. The lowest BCUT2D eigenvalue weighted by atomic mass is 10.5. The van der Waals surface area contributed by atoms with Gasteiger partial charge in [0, 0.05) is 13.2 Å². The maximum Gasteiger partial charge on any atom is 0.140 e. The molecular weight excluding hydrogens is 112 g/mol. The minimum absolute atomic E-state index is 0.0938. The predicted octanol–water partition coefficient (Wildman–Crippen LogP) is -1.71. The first-order chi connectivity index (χ1) is 3.83. The molecular formula is C4H12O4. The van der Waals surface area contributed by atoms with Gasteiger partial charge >= 0.3 is 0 Å². The second-order valence-corrected chi connectivity index (χ2v) is 0.942. The Kier molecular flexibility index (Phi) is 21.3. The number of hydrogen-bond acceptors (Lipinski definition) is 4. The molecule has 4 nitrogen and oxygen atoms in total. The van der Waals surface area contributed by atoms with E-state index in [4.69, 9.17) is 20.4 Å². The highest BCUT2D eigenvalue weighted by atomic mass is 16.5. The first-order valence-corrected chi connectivity index (χ1v) is 2.26. The predicted molar refractivity (Wildman–Crippen MR) is 28.1 cm³/mol. The number of rotatable bonds is 2. The molecule has 0 spiro atoms. The van der Waals surface area contributed by atoms with Crippen molar-refractivity contribution in [2.75, 3.05) is 20.0 Å².